The number of ether oxygens (including phenoxy) is 2. The highest BCUT2D eigenvalue weighted by molar-refractivity contribution is 6.76. The molecule has 1 aliphatic heterocycles. The second-order valence-corrected chi connectivity index (χ2v) is 27.0. The Bertz CT molecular complexity index is 1420. The van der Waals surface area contributed by atoms with Gasteiger partial charge in [-0.3, -0.25) is 0 Å². The van der Waals surface area contributed by atoms with Gasteiger partial charge < -0.3 is 27.8 Å². The third-order valence-electron chi connectivity index (χ3n) is 10.0. The zero-order chi connectivity index (χ0) is 33.4. The van der Waals surface area contributed by atoms with E-state index in [2.05, 4.69) is 123 Å². The van der Waals surface area contributed by atoms with Crippen LogP contribution in [0.4, 0.5) is 0 Å². The predicted molar refractivity (Wildman–Crippen MR) is 194 cm³/mol. The minimum atomic E-state index is -1.93. The fourth-order valence-corrected chi connectivity index (χ4v) is 7.02. The molecular formula is C36H58BNO5Si2. The Morgan fingerprint density at radius 3 is 2.11 bits per heavy atom. The van der Waals surface area contributed by atoms with Crippen LogP contribution in [0.1, 0.15) is 72.4 Å². The van der Waals surface area contributed by atoms with E-state index in [-0.39, 0.29) is 11.0 Å². The second kappa shape index (κ2) is 13.3. The summed E-state index contributed by atoms with van der Waals surface area (Å²) < 4.78 is 35.2. The maximum atomic E-state index is 6.76. The third kappa shape index (κ3) is 8.35. The maximum Gasteiger partial charge on any atom is 0.497 e. The minimum absolute atomic E-state index is 0.140. The largest absolute Gasteiger partial charge is 0.497 e. The van der Waals surface area contributed by atoms with Crippen molar-refractivity contribution in [2.24, 2.45) is 0 Å². The van der Waals surface area contributed by atoms with Gasteiger partial charge in [0.05, 0.1) is 16.7 Å². The average Bonchev–Trinajstić information content (AvgIpc) is 3.41. The molecule has 248 valence electrons. The van der Waals surface area contributed by atoms with Gasteiger partial charge in [-0.05, 0) is 69.1 Å². The van der Waals surface area contributed by atoms with E-state index in [1.807, 2.05) is 18.2 Å². The molecular weight excluding hydrogens is 593 g/mol. The minimum Gasteiger partial charge on any atom is -0.487 e. The van der Waals surface area contributed by atoms with E-state index in [4.69, 9.17) is 23.2 Å². The molecule has 1 fully saturated rings. The lowest BCUT2D eigenvalue weighted by Gasteiger charge is -2.37. The summed E-state index contributed by atoms with van der Waals surface area (Å²) in [5.74, 6) is 0.973. The summed E-state index contributed by atoms with van der Waals surface area (Å²) in [7, 11) is -3.68. The molecule has 2 aromatic carbocycles. The molecule has 0 amide bonds. The Balaban J connectivity index is 1.82. The van der Waals surface area contributed by atoms with Gasteiger partial charge in [0, 0.05) is 44.3 Å². The number of benzene rings is 2. The Hall–Kier alpha value is -1.88. The molecule has 0 aliphatic carbocycles. The van der Waals surface area contributed by atoms with Gasteiger partial charge in [0.2, 0.25) is 0 Å². The molecule has 3 aromatic rings. The van der Waals surface area contributed by atoms with E-state index in [1.54, 1.807) is 0 Å². The quantitative estimate of drug-likeness (QED) is 0.136. The summed E-state index contributed by atoms with van der Waals surface area (Å²) >= 11 is 0. The monoisotopic (exact) mass is 651 g/mol. The maximum absolute atomic E-state index is 6.76. The van der Waals surface area contributed by atoms with Gasteiger partial charge in [-0.15, -0.1) is 0 Å². The Labute approximate surface area is 275 Å². The molecule has 0 saturated carbocycles. The van der Waals surface area contributed by atoms with Gasteiger partial charge in [0.15, 0.2) is 8.32 Å². The second-order valence-electron chi connectivity index (χ2n) is 16.6. The molecule has 0 spiro atoms. The molecule has 0 N–H and O–H groups in total. The first-order valence-corrected chi connectivity index (χ1v) is 23.2. The number of fused-ring (bicyclic) bond motifs is 1. The van der Waals surface area contributed by atoms with Crippen molar-refractivity contribution in [3.8, 4) is 5.75 Å². The molecule has 1 unspecified atom stereocenters. The van der Waals surface area contributed by atoms with Crippen molar-refractivity contribution in [1.82, 2.24) is 4.57 Å². The standard InChI is InChI=1S/C36H58BNO5Si2/c1-27(24-41-45(12,13)34(2,3)4)29-19-20-31(40-25-28-17-15-14-16-18-28)33-32(29)30(37-42-35(5,6)36(7,8)43-37)23-38(33)26-39-21-22-44(9,10)11/h14-20,23,27H,21-22,24-26H2,1-13H3. The molecule has 2 heterocycles. The molecule has 45 heavy (non-hydrogen) atoms. The van der Waals surface area contributed by atoms with E-state index in [0.717, 1.165) is 40.3 Å². The number of nitrogens with zero attached hydrogens (tertiary/aromatic N) is 1. The van der Waals surface area contributed by atoms with E-state index >= 15 is 0 Å². The van der Waals surface area contributed by atoms with E-state index in [9.17, 15) is 0 Å². The molecule has 9 heteroatoms. The highest BCUT2D eigenvalue weighted by Gasteiger charge is 2.52. The summed E-state index contributed by atoms with van der Waals surface area (Å²) in [5, 5.41) is 1.25. The fraction of sp³-hybridized carbons (Fsp3) is 0.611. The summed E-state index contributed by atoms with van der Waals surface area (Å²) in [4.78, 5) is 0. The first-order valence-electron chi connectivity index (χ1n) is 16.6. The van der Waals surface area contributed by atoms with Crippen molar-refractivity contribution in [2.45, 2.75) is 130 Å². The average molecular weight is 652 g/mol. The highest BCUT2D eigenvalue weighted by Crippen LogP contribution is 2.41. The van der Waals surface area contributed by atoms with E-state index in [0.29, 0.717) is 19.9 Å². The van der Waals surface area contributed by atoms with E-state index in [1.165, 1.54) is 5.56 Å². The topological polar surface area (TPSA) is 51.1 Å². The molecule has 0 bridgehead atoms. The van der Waals surface area contributed by atoms with Gasteiger partial charge in [-0.2, -0.15) is 0 Å². The first-order chi connectivity index (χ1) is 20.7. The van der Waals surface area contributed by atoms with Gasteiger partial charge >= 0.3 is 7.12 Å². The molecule has 6 nitrogen and oxygen atoms in total. The van der Waals surface area contributed by atoms with Gasteiger partial charge in [-0.1, -0.05) is 83.7 Å². The lowest BCUT2D eigenvalue weighted by atomic mass is 9.77. The summed E-state index contributed by atoms with van der Waals surface area (Å²) in [6.07, 6.45) is 2.17. The highest BCUT2D eigenvalue weighted by atomic mass is 28.4. The normalized spacial score (nSPS) is 17.7. The fourth-order valence-electron chi connectivity index (χ4n) is 5.17. The van der Waals surface area contributed by atoms with Crippen LogP contribution in [0.5, 0.6) is 5.75 Å². The van der Waals surface area contributed by atoms with Crippen LogP contribution < -0.4 is 10.2 Å². The van der Waals surface area contributed by atoms with Crippen LogP contribution in [0.2, 0.25) is 43.8 Å². The smallest absolute Gasteiger partial charge is 0.487 e. The van der Waals surface area contributed by atoms with E-state index < -0.39 is 34.7 Å². The van der Waals surface area contributed by atoms with Crippen LogP contribution in [0, 0.1) is 0 Å². The van der Waals surface area contributed by atoms with Gasteiger partial charge in [0.25, 0.3) is 0 Å². The first kappa shape index (κ1) is 36.0. The van der Waals surface area contributed by atoms with Gasteiger partial charge in [0.1, 0.15) is 19.1 Å². The third-order valence-corrected chi connectivity index (χ3v) is 16.3. The SMILES string of the molecule is CC(CO[Si](C)(C)C(C)(C)C)c1ccc(OCc2ccccc2)c2c1c(B1OC(C)(C)C(C)(C)O1)cn2COCC[Si](C)(C)C. The van der Waals surface area contributed by atoms with Crippen molar-refractivity contribution in [3.63, 3.8) is 0 Å². The molecule has 4 rings (SSSR count). The number of hydrogen-bond donors (Lipinski definition) is 0. The van der Waals surface area contributed by atoms with Crippen molar-refractivity contribution >= 4 is 39.9 Å². The van der Waals surface area contributed by atoms with Crippen LogP contribution in [-0.2, 0) is 31.8 Å². The Morgan fingerprint density at radius 1 is 0.911 bits per heavy atom. The van der Waals surface area contributed by atoms with Crippen molar-refractivity contribution in [3.05, 3.63) is 59.8 Å². The van der Waals surface area contributed by atoms with Crippen molar-refractivity contribution in [2.75, 3.05) is 13.2 Å². The van der Waals surface area contributed by atoms with Crippen LogP contribution in [0.25, 0.3) is 10.9 Å². The summed E-state index contributed by atoms with van der Waals surface area (Å²) in [6, 6.07) is 15.8. The van der Waals surface area contributed by atoms with Crippen LogP contribution in [0.3, 0.4) is 0 Å². The summed E-state index contributed by atoms with van der Waals surface area (Å²) in [6.45, 7) is 31.6. The molecule has 1 saturated heterocycles. The number of hydrogen-bond acceptors (Lipinski definition) is 5. The zero-order valence-electron chi connectivity index (χ0n) is 30.3. The zero-order valence-corrected chi connectivity index (χ0v) is 32.3. The lowest BCUT2D eigenvalue weighted by molar-refractivity contribution is 0.00578. The summed E-state index contributed by atoms with van der Waals surface area (Å²) in [5.41, 5.74) is 3.44. The van der Waals surface area contributed by atoms with Crippen LogP contribution in [0.15, 0.2) is 48.7 Å². The van der Waals surface area contributed by atoms with Gasteiger partial charge in [-0.25, -0.2) is 0 Å². The number of aromatic nitrogens is 1. The lowest BCUT2D eigenvalue weighted by Crippen LogP contribution is -2.41. The van der Waals surface area contributed by atoms with Crippen molar-refractivity contribution in [1.29, 1.82) is 0 Å². The molecule has 1 aliphatic rings. The Kier molecular flexibility index (Phi) is 10.6. The molecule has 0 radical (unpaired) electrons. The van der Waals surface area contributed by atoms with Crippen LogP contribution in [-0.4, -0.2) is 52.5 Å². The Morgan fingerprint density at radius 2 is 1.53 bits per heavy atom. The predicted octanol–water partition coefficient (Wildman–Crippen LogP) is 8.96. The number of rotatable bonds is 13. The van der Waals surface area contributed by atoms with Crippen LogP contribution >= 0.6 is 0 Å². The molecule has 1 aromatic heterocycles. The van der Waals surface area contributed by atoms with Crippen molar-refractivity contribution < 1.29 is 23.2 Å². The molecule has 1 atom stereocenters.